The Balaban J connectivity index is 0.00000162. The van der Waals surface area contributed by atoms with Crippen LogP contribution in [0.4, 0.5) is 0 Å². The molecular weight excluding hydrogens is 250 g/mol. The normalized spacial score (nSPS) is 10.9. The van der Waals surface area contributed by atoms with Gasteiger partial charge in [0.2, 0.25) is 0 Å². The van der Waals surface area contributed by atoms with Crippen molar-refractivity contribution < 1.29 is 12.4 Å². The Hall–Kier alpha value is -1.26. The lowest BCUT2D eigenvalue weighted by molar-refractivity contribution is -0.00000392. The van der Waals surface area contributed by atoms with Crippen LogP contribution in [0, 0.1) is 0 Å². The van der Waals surface area contributed by atoms with Gasteiger partial charge in [0, 0.05) is 26.7 Å². The number of rotatable bonds is 3. The van der Waals surface area contributed by atoms with E-state index in [0.717, 1.165) is 17.6 Å². The van der Waals surface area contributed by atoms with Crippen molar-refractivity contribution >= 4 is 11.0 Å². The maximum Gasteiger partial charge on any atom is 0.328 e. The van der Waals surface area contributed by atoms with Gasteiger partial charge in [-0.15, -0.1) is 0 Å². The zero-order valence-electron chi connectivity index (χ0n) is 11.2. The highest BCUT2D eigenvalue weighted by molar-refractivity contribution is 5.76. The van der Waals surface area contributed by atoms with E-state index in [9.17, 15) is 4.79 Å². The third kappa shape index (κ3) is 2.60. The molecule has 1 aromatic carbocycles. The highest BCUT2D eigenvalue weighted by atomic mass is 35.5. The average Bonchev–Trinajstić information content (AvgIpc) is 2.52. The zero-order chi connectivity index (χ0) is 12.6. The van der Waals surface area contributed by atoms with Gasteiger partial charge in [0.25, 0.3) is 0 Å². The standard InChI is InChI=1S/C13H19N3O.ClH/c1-9(2)14-8-10-5-6-11-12(7-10)16(4)13(17)15(11)3;/h5-7,9,14H,8H2,1-4H3;1H/p-1. The van der Waals surface area contributed by atoms with Gasteiger partial charge < -0.3 is 17.7 Å². The molecule has 100 valence electrons. The molecule has 0 fully saturated rings. The molecule has 2 rings (SSSR count). The van der Waals surface area contributed by atoms with Crippen LogP contribution in [0.5, 0.6) is 0 Å². The molecule has 0 saturated heterocycles. The van der Waals surface area contributed by atoms with Crippen LogP contribution in [0.2, 0.25) is 0 Å². The van der Waals surface area contributed by atoms with Crippen molar-refractivity contribution in [1.82, 2.24) is 14.5 Å². The Labute approximate surface area is 113 Å². The van der Waals surface area contributed by atoms with E-state index in [0.29, 0.717) is 6.04 Å². The lowest BCUT2D eigenvalue weighted by atomic mass is 10.2. The number of imidazole rings is 1. The number of aryl methyl sites for hydroxylation is 2. The minimum absolute atomic E-state index is 0. The molecule has 0 aliphatic heterocycles. The highest BCUT2D eigenvalue weighted by Gasteiger charge is 2.07. The molecule has 5 heteroatoms. The molecule has 1 aromatic heterocycles. The molecule has 0 atom stereocenters. The van der Waals surface area contributed by atoms with E-state index in [-0.39, 0.29) is 18.1 Å². The van der Waals surface area contributed by atoms with Crippen molar-refractivity contribution in [1.29, 1.82) is 0 Å². The fraction of sp³-hybridized carbons (Fsp3) is 0.462. The Kier molecular flexibility index (Phi) is 4.59. The van der Waals surface area contributed by atoms with Crippen LogP contribution < -0.4 is 23.4 Å². The van der Waals surface area contributed by atoms with E-state index in [4.69, 9.17) is 0 Å². The van der Waals surface area contributed by atoms with E-state index in [1.165, 1.54) is 5.56 Å². The number of hydrogen-bond donors (Lipinski definition) is 1. The van der Waals surface area contributed by atoms with Crippen molar-refractivity contribution in [2.75, 3.05) is 0 Å². The summed E-state index contributed by atoms with van der Waals surface area (Å²) in [4.78, 5) is 11.8. The molecule has 0 aliphatic rings. The van der Waals surface area contributed by atoms with Gasteiger partial charge in [-0.1, -0.05) is 19.9 Å². The second kappa shape index (κ2) is 5.59. The van der Waals surface area contributed by atoms with Gasteiger partial charge in [-0.2, -0.15) is 0 Å². The maximum absolute atomic E-state index is 11.8. The van der Waals surface area contributed by atoms with Gasteiger partial charge in [0.15, 0.2) is 0 Å². The number of aromatic nitrogens is 2. The Morgan fingerprint density at radius 3 is 2.39 bits per heavy atom. The van der Waals surface area contributed by atoms with Gasteiger partial charge in [0.05, 0.1) is 11.0 Å². The minimum atomic E-state index is 0. The van der Waals surface area contributed by atoms with Crippen LogP contribution in [0.1, 0.15) is 19.4 Å². The molecule has 0 amide bonds. The minimum Gasteiger partial charge on any atom is -1.00 e. The molecule has 0 radical (unpaired) electrons. The first-order chi connectivity index (χ1) is 8.00. The molecule has 4 nitrogen and oxygen atoms in total. The van der Waals surface area contributed by atoms with Crippen LogP contribution in [0.3, 0.4) is 0 Å². The molecule has 2 aromatic rings. The molecule has 0 bridgehead atoms. The van der Waals surface area contributed by atoms with E-state index >= 15 is 0 Å². The van der Waals surface area contributed by atoms with Crippen molar-refractivity contribution in [3.8, 4) is 0 Å². The topological polar surface area (TPSA) is 39.0 Å². The number of benzene rings is 1. The van der Waals surface area contributed by atoms with Crippen LogP contribution in [0.25, 0.3) is 11.0 Å². The summed E-state index contributed by atoms with van der Waals surface area (Å²) in [7, 11) is 3.61. The summed E-state index contributed by atoms with van der Waals surface area (Å²) < 4.78 is 3.36. The largest absolute Gasteiger partial charge is 1.00 e. The smallest absolute Gasteiger partial charge is 0.328 e. The summed E-state index contributed by atoms with van der Waals surface area (Å²) in [5, 5.41) is 3.37. The summed E-state index contributed by atoms with van der Waals surface area (Å²) >= 11 is 0. The Bertz CT molecular complexity index is 598. The molecule has 1 heterocycles. The molecule has 0 saturated carbocycles. The first-order valence-electron chi connectivity index (χ1n) is 5.88. The van der Waals surface area contributed by atoms with Crippen LogP contribution in [0.15, 0.2) is 23.0 Å². The average molecular weight is 269 g/mol. The van der Waals surface area contributed by atoms with Gasteiger partial charge >= 0.3 is 5.69 Å². The highest BCUT2D eigenvalue weighted by Crippen LogP contribution is 2.13. The molecule has 0 spiro atoms. The maximum atomic E-state index is 11.8. The first kappa shape index (κ1) is 14.8. The predicted octanol–water partition coefficient (Wildman–Crippen LogP) is -1.62. The van der Waals surface area contributed by atoms with Crippen molar-refractivity contribution in [2.45, 2.75) is 26.4 Å². The van der Waals surface area contributed by atoms with Crippen molar-refractivity contribution in [3.63, 3.8) is 0 Å². The van der Waals surface area contributed by atoms with Crippen molar-refractivity contribution in [3.05, 3.63) is 34.2 Å². The fourth-order valence-corrected chi connectivity index (χ4v) is 1.98. The zero-order valence-corrected chi connectivity index (χ0v) is 12.0. The molecular formula is C13H19ClN3O-. The molecule has 1 N–H and O–H groups in total. The summed E-state index contributed by atoms with van der Waals surface area (Å²) in [5.74, 6) is 0. The summed E-state index contributed by atoms with van der Waals surface area (Å²) in [5.41, 5.74) is 3.19. The van der Waals surface area contributed by atoms with Crippen LogP contribution in [-0.4, -0.2) is 15.2 Å². The van der Waals surface area contributed by atoms with E-state index in [1.54, 1.807) is 16.2 Å². The van der Waals surface area contributed by atoms with Crippen LogP contribution >= 0.6 is 0 Å². The second-order valence-electron chi connectivity index (χ2n) is 4.76. The van der Waals surface area contributed by atoms with E-state index in [1.807, 2.05) is 13.1 Å². The fourth-order valence-electron chi connectivity index (χ4n) is 1.98. The number of nitrogens with one attached hydrogen (secondary N) is 1. The van der Waals surface area contributed by atoms with E-state index in [2.05, 4.69) is 31.3 Å². The van der Waals surface area contributed by atoms with Crippen LogP contribution in [-0.2, 0) is 20.6 Å². The van der Waals surface area contributed by atoms with Gasteiger partial charge in [0.1, 0.15) is 0 Å². The number of fused-ring (bicyclic) bond motifs is 1. The molecule has 18 heavy (non-hydrogen) atoms. The monoisotopic (exact) mass is 268 g/mol. The third-order valence-corrected chi connectivity index (χ3v) is 3.05. The lowest BCUT2D eigenvalue weighted by Gasteiger charge is -2.08. The summed E-state index contributed by atoms with van der Waals surface area (Å²) in [6.07, 6.45) is 0. The van der Waals surface area contributed by atoms with E-state index < -0.39 is 0 Å². The van der Waals surface area contributed by atoms with Gasteiger partial charge in [-0.3, -0.25) is 9.13 Å². The Morgan fingerprint density at radius 1 is 1.17 bits per heavy atom. The number of nitrogens with zero attached hydrogens (tertiary/aromatic N) is 2. The quantitative estimate of drug-likeness (QED) is 0.727. The number of hydrogen-bond acceptors (Lipinski definition) is 2. The SMILES string of the molecule is CC(C)NCc1ccc2c(c1)n(C)c(=O)n2C.[Cl-]. The first-order valence-corrected chi connectivity index (χ1v) is 5.88. The summed E-state index contributed by atoms with van der Waals surface area (Å²) in [6, 6.07) is 6.61. The predicted molar refractivity (Wildman–Crippen MR) is 70.1 cm³/mol. The molecule has 0 aliphatic carbocycles. The lowest BCUT2D eigenvalue weighted by Crippen LogP contribution is -3.00. The molecule has 0 unspecified atom stereocenters. The van der Waals surface area contributed by atoms with Crippen molar-refractivity contribution in [2.24, 2.45) is 14.1 Å². The second-order valence-corrected chi connectivity index (χ2v) is 4.76. The Morgan fingerprint density at radius 2 is 1.78 bits per heavy atom. The number of halogens is 1. The summed E-state index contributed by atoms with van der Waals surface area (Å²) in [6.45, 7) is 5.07. The van der Waals surface area contributed by atoms with Gasteiger partial charge in [-0.25, -0.2) is 4.79 Å². The third-order valence-electron chi connectivity index (χ3n) is 3.05. The van der Waals surface area contributed by atoms with Gasteiger partial charge in [-0.05, 0) is 17.7 Å².